The number of carbonyl (C=O) groups is 2. The summed E-state index contributed by atoms with van der Waals surface area (Å²) in [7, 11) is 0. The molecule has 0 aromatic rings. The summed E-state index contributed by atoms with van der Waals surface area (Å²) in [6, 6.07) is 0. The summed E-state index contributed by atoms with van der Waals surface area (Å²) in [5, 5.41) is 0. The van der Waals surface area contributed by atoms with Crippen LogP contribution in [-0.4, -0.2) is 42.3 Å². The van der Waals surface area contributed by atoms with Crippen LogP contribution in [0.15, 0.2) is 0 Å². The average molecular weight is 311 g/mol. The summed E-state index contributed by atoms with van der Waals surface area (Å²) in [6.07, 6.45) is 3.87. The van der Waals surface area contributed by atoms with Crippen molar-refractivity contribution < 1.29 is 19.1 Å². The van der Waals surface area contributed by atoms with Crippen molar-refractivity contribution in [3.63, 3.8) is 0 Å². The first-order valence-electron chi connectivity index (χ1n) is 8.44. The molecule has 1 saturated heterocycles. The van der Waals surface area contributed by atoms with E-state index in [1.54, 1.807) is 4.90 Å². The average Bonchev–Trinajstić information content (AvgIpc) is 3.17. The van der Waals surface area contributed by atoms with Crippen LogP contribution in [0.25, 0.3) is 0 Å². The maximum atomic E-state index is 12.0. The molecule has 2 unspecified atom stereocenters. The van der Waals surface area contributed by atoms with E-state index in [4.69, 9.17) is 9.47 Å². The van der Waals surface area contributed by atoms with Gasteiger partial charge in [-0.2, -0.15) is 0 Å². The SMILES string of the molecule is CCOC(=O)C1CC1CC1CCN(C(=O)OC(C)(C)C)CC1. The fourth-order valence-electron chi connectivity index (χ4n) is 3.15. The smallest absolute Gasteiger partial charge is 0.410 e. The summed E-state index contributed by atoms with van der Waals surface area (Å²) in [5.74, 6) is 1.21. The van der Waals surface area contributed by atoms with Crippen LogP contribution in [0, 0.1) is 17.8 Å². The number of esters is 1. The van der Waals surface area contributed by atoms with E-state index in [1.807, 2.05) is 27.7 Å². The largest absolute Gasteiger partial charge is 0.466 e. The van der Waals surface area contributed by atoms with E-state index in [2.05, 4.69) is 0 Å². The third-order valence-corrected chi connectivity index (χ3v) is 4.41. The third kappa shape index (κ3) is 4.89. The van der Waals surface area contributed by atoms with Gasteiger partial charge in [-0.25, -0.2) is 4.79 Å². The Labute approximate surface area is 133 Å². The van der Waals surface area contributed by atoms with Crippen molar-refractivity contribution in [1.29, 1.82) is 0 Å². The van der Waals surface area contributed by atoms with Crippen molar-refractivity contribution >= 4 is 12.1 Å². The van der Waals surface area contributed by atoms with Crippen LogP contribution < -0.4 is 0 Å². The van der Waals surface area contributed by atoms with E-state index < -0.39 is 5.60 Å². The Hall–Kier alpha value is -1.26. The lowest BCUT2D eigenvalue weighted by molar-refractivity contribution is -0.145. The number of likely N-dealkylation sites (tertiary alicyclic amines) is 1. The van der Waals surface area contributed by atoms with Crippen LogP contribution in [0.3, 0.4) is 0 Å². The van der Waals surface area contributed by atoms with Crippen molar-refractivity contribution in [3.05, 3.63) is 0 Å². The van der Waals surface area contributed by atoms with Crippen LogP contribution in [0.1, 0.15) is 53.4 Å². The van der Waals surface area contributed by atoms with Crippen molar-refractivity contribution in [2.75, 3.05) is 19.7 Å². The van der Waals surface area contributed by atoms with Crippen molar-refractivity contribution in [3.8, 4) is 0 Å². The molecule has 0 spiro atoms. The summed E-state index contributed by atoms with van der Waals surface area (Å²) in [6.45, 7) is 9.51. The lowest BCUT2D eigenvalue weighted by Crippen LogP contribution is -2.41. The van der Waals surface area contributed by atoms with E-state index in [1.165, 1.54) is 0 Å². The Bertz CT molecular complexity index is 407. The van der Waals surface area contributed by atoms with Gasteiger partial charge in [0, 0.05) is 13.1 Å². The van der Waals surface area contributed by atoms with Gasteiger partial charge in [-0.15, -0.1) is 0 Å². The number of hydrogen-bond acceptors (Lipinski definition) is 4. The van der Waals surface area contributed by atoms with Crippen LogP contribution >= 0.6 is 0 Å². The zero-order chi connectivity index (χ0) is 16.3. The monoisotopic (exact) mass is 311 g/mol. The molecular weight excluding hydrogens is 282 g/mol. The quantitative estimate of drug-likeness (QED) is 0.748. The van der Waals surface area contributed by atoms with Crippen LogP contribution in [-0.2, 0) is 14.3 Å². The van der Waals surface area contributed by atoms with Crippen LogP contribution in [0.5, 0.6) is 0 Å². The van der Waals surface area contributed by atoms with E-state index in [9.17, 15) is 9.59 Å². The van der Waals surface area contributed by atoms with Crippen LogP contribution in [0.4, 0.5) is 4.79 Å². The molecule has 0 aromatic carbocycles. The predicted octanol–water partition coefficient (Wildman–Crippen LogP) is 3.22. The molecule has 22 heavy (non-hydrogen) atoms. The molecule has 0 bridgehead atoms. The lowest BCUT2D eigenvalue weighted by Gasteiger charge is -2.33. The molecule has 0 radical (unpaired) electrons. The Morgan fingerprint density at radius 2 is 1.82 bits per heavy atom. The van der Waals surface area contributed by atoms with Gasteiger partial charge in [0.05, 0.1) is 12.5 Å². The van der Waals surface area contributed by atoms with Crippen molar-refractivity contribution in [2.45, 2.75) is 59.0 Å². The molecule has 1 heterocycles. The Morgan fingerprint density at radius 1 is 1.18 bits per heavy atom. The fourth-order valence-corrected chi connectivity index (χ4v) is 3.15. The number of carbonyl (C=O) groups excluding carboxylic acids is 2. The Morgan fingerprint density at radius 3 is 2.36 bits per heavy atom. The molecule has 2 fully saturated rings. The molecule has 2 aliphatic rings. The molecule has 0 N–H and O–H groups in total. The second-order valence-electron chi connectivity index (χ2n) is 7.50. The van der Waals surface area contributed by atoms with Gasteiger partial charge < -0.3 is 14.4 Å². The van der Waals surface area contributed by atoms with E-state index in [0.717, 1.165) is 38.8 Å². The summed E-state index contributed by atoms with van der Waals surface area (Å²) < 4.78 is 10.5. The zero-order valence-electron chi connectivity index (χ0n) is 14.3. The molecule has 0 aromatic heterocycles. The van der Waals surface area contributed by atoms with Crippen molar-refractivity contribution in [1.82, 2.24) is 4.90 Å². The summed E-state index contributed by atoms with van der Waals surface area (Å²) in [4.78, 5) is 25.5. The first-order chi connectivity index (χ1) is 10.3. The van der Waals surface area contributed by atoms with Gasteiger partial charge in [0.2, 0.25) is 0 Å². The summed E-state index contributed by atoms with van der Waals surface area (Å²) >= 11 is 0. The highest BCUT2D eigenvalue weighted by atomic mass is 16.6. The van der Waals surface area contributed by atoms with Crippen molar-refractivity contribution in [2.24, 2.45) is 17.8 Å². The molecule has 1 amide bonds. The summed E-state index contributed by atoms with van der Waals surface area (Å²) in [5.41, 5.74) is -0.436. The van der Waals surface area contributed by atoms with Gasteiger partial charge in [0.1, 0.15) is 5.60 Å². The molecule has 1 saturated carbocycles. The number of piperidine rings is 1. The maximum Gasteiger partial charge on any atom is 0.410 e. The van der Waals surface area contributed by atoms with E-state index >= 15 is 0 Å². The molecule has 1 aliphatic carbocycles. The Balaban J connectivity index is 1.68. The zero-order valence-corrected chi connectivity index (χ0v) is 14.3. The predicted molar refractivity (Wildman–Crippen MR) is 83.4 cm³/mol. The fraction of sp³-hybridized carbons (Fsp3) is 0.882. The van der Waals surface area contributed by atoms with E-state index in [0.29, 0.717) is 18.4 Å². The minimum atomic E-state index is -0.436. The second-order valence-corrected chi connectivity index (χ2v) is 7.50. The number of amides is 1. The van der Waals surface area contributed by atoms with Crippen LogP contribution in [0.2, 0.25) is 0 Å². The minimum absolute atomic E-state index is 0.0290. The third-order valence-electron chi connectivity index (χ3n) is 4.41. The number of nitrogens with zero attached hydrogens (tertiary/aromatic N) is 1. The topological polar surface area (TPSA) is 55.8 Å². The molecule has 2 rings (SSSR count). The molecule has 5 nitrogen and oxygen atoms in total. The van der Waals surface area contributed by atoms with Gasteiger partial charge in [-0.05, 0) is 65.2 Å². The standard InChI is InChI=1S/C17H29NO4/c1-5-21-15(19)14-11-13(14)10-12-6-8-18(9-7-12)16(20)22-17(2,3)4/h12-14H,5-11H2,1-4H3. The first-order valence-corrected chi connectivity index (χ1v) is 8.44. The highest BCUT2D eigenvalue weighted by Gasteiger charge is 2.45. The maximum absolute atomic E-state index is 12.0. The van der Waals surface area contributed by atoms with Gasteiger partial charge in [0.15, 0.2) is 0 Å². The molecular formula is C17H29NO4. The minimum Gasteiger partial charge on any atom is -0.466 e. The number of rotatable bonds is 4. The van der Waals surface area contributed by atoms with Gasteiger partial charge in [-0.3, -0.25) is 4.79 Å². The molecule has 2 atom stereocenters. The number of hydrogen-bond donors (Lipinski definition) is 0. The second kappa shape index (κ2) is 6.88. The van der Waals surface area contributed by atoms with Gasteiger partial charge in [0.25, 0.3) is 0 Å². The first kappa shape index (κ1) is 17.1. The van der Waals surface area contributed by atoms with E-state index in [-0.39, 0.29) is 18.0 Å². The number of ether oxygens (including phenoxy) is 2. The Kier molecular flexibility index (Phi) is 5.35. The van der Waals surface area contributed by atoms with Gasteiger partial charge >= 0.3 is 12.1 Å². The highest BCUT2D eigenvalue weighted by molar-refractivity contribution is 5.75. The molecule has 5 heteroatoms. The normalized spacial score (nSPS) is 25.7. The highest BCUT2D eigenvalue weighted by Crippen LogP contribution is 2.45. The lowest BCUT2D eigenvalue weighted by atomic mass is 9.91. The van der Waals surface area contributed by atoms with Gasteiger partial charge in [-0.1, -0.05) is 0 Å². The molecule has 126 valence electrons. The molecule has 1 aliphatic heterocycles.